The van der Waals surface area contributed by atoms with Crippen molar-refractivity contribution in [2.45, 2.75) is 26.4 Å². The summed E-state index contributed by atoms with van der Waals surface area (Å²) in [4.78, 5) is 33.6. The second kappa shape index (κ2) is 7.77. The molecule has 1 aliphatic heterocycles. The first-order valence-electron chi connectivity index (χ1n) is 9.88. The maximum absolute atomic E-state index is 12.3. The minimum Gasteiger partial charge on any atom is -0.444 e. The molecule has 0 aliphatic carbocycles. The molecular formula is C20H26N8O2. The van der Waals surface area contributed by atoms with Crippen LogP contribution in [-0.2, 0) is 11.8 Å². The molecule has 1 aliphatic rings. The Balaban J connectivity index is 1.41. The first-order chi connectivity index (χ1) is 14.3. The van der Waals surface area contributed by atoms with E-state index < -0.39 is 5.60 Å². The molecule has 0 radical (unpaired) electrons. The Morgan fingerprint density at radius 3 is 2.63 bits per heavy atom. The van der Waals surface area contributed by atoms with Crippen molar-refractivity contribution in [2.75, 3.05) is 36.4 Å². The van der Waals surface area contributed by atoms with Crippen LogP contribution in [-0.4, -0.2) is 67.3 Å². The molecule has 30 heavy (non-hydrogen) atoms. The van der Waals surface area contributed by atoms with Crippen molar-refractivity contribution in [1.29, 1.82) is 0 Å². The van der Waals surface area contributed by atoms with Crippen molar-refractivity contribution in [3.05, 3.63) is 30.9 Å². The number of hydrogen-bond donors (Lipinski definition) is 1. The Morgan fingerprint density at radius 2 is 1.90 bits per heavy atom. The number of carbonyl (C=O) groups is 1. The first-order valence-corrected chi connectivity index (χ1v) is 9.88. The number of carbonyl (C=O) groups excluding carboxylic acids is 1. The van der Waals surface area contributed by atoms with Gasteiger partial charge >= 0.3 is 6.09 Å². The Kier molecular flexibility index (Phi) is 5.15. The van der Waals surface area contributed by atoms with Crippen LogP contribution in [0.25, 0.3) is 11.2 Å². The summed E-state index contributed by atoms with van der Waals surface area (Å²) in [5, 5.41) is 3.16. The second-order valence-electron chi connectivity index (χ2n) is 8.24. The largest absolute Gasteiger partial charge is 0.444 e. The van der Waals surface area contributed by atoms with Gasteiger partial charge in [0.05, 0.1) is 12.5 Å². The van der Waals surface area contributed by atoms with Crippen LogP contribution in [0.3, 0.4) is 0 Å². The zero-order valence-corrected chi connectivity index (χ0v) is 17.7. The summed E-state index contributed by atoms with van der Waals surface area (Å²) >= 11 is 0. The van der Waals surface area contributed by atoms with E-state index in [0.717, 1.165) is 29.9 Å². The van der Waals surface area contributed by atoms with Crippen LogP contribution in [0.2, 0.25) is 0 Å². The summed E-state index contributed by atoms with van der Waals surface area (Å²) in [6, 6.07) is 3.92. The molecule has 1 fully saturated rings. The molecule has 0 spiro atoms. The molecule has 3 aromatic rings. The summed E-state index contributed by atoms with van der Waals surface area (Å²) in [6.45, 7) is 8.30. The number of piperazine rings is 1. The number of anilines is 3. The number of aryl methyl sites for hydroxylation is 1. The predicted molar refractivity (Wildman–Crippen MR) is 114 cm³/mol. The van der Waals surface area contributed by atoms with Gasteiger partial charge in [0.2, 0.25) is 5.95 Å². The fourth-order valence-electron chi connectivity index (χ4n) is 3.25. The number of hydrogen-bond acceptors (Lipinski definition) is 8. The number of pyridine rings is 1. The van der Waals surface area contributed by atoms with Gasteiger partial charge in [-0.2, -0.15) is 4.98 Å². The fraction of sp³-hybridized carbons (Fsp3) is 0.450. The number of imidazole rings is 1. The van der Waals surface area contributed by atoms with Crippen LogP contribution in [0.5, 0.6) is 0 Å². The minimum absolute atomic E-state index is 0.262. The lowest BCUT2D eigenvalue weighted by Gasteiger charge is -2.36. The number of aromatic nitrogens is 5. The highest BCUT2D eigenvalue weighted by Gasteiger charge is 2.26. The average Bonchev–Trinajstić information content (AvgIpc) is 3.07. The van der Waals surface area contributed by atoms with E-state index in [1.54, 1.807) is 23.6 Å². The lowest BCUT2D eigenvalue weighted by atomic mass is 10.2. The van der Waals surface area contributed by atoms with Crippen molar-refractivity contribution < 1.29 is 9.53 Å². The van der Waals surface area contributed by atoms with Gasteiger partial charge in [0.1, 0.15) is 16.9 Å². The van der Waals surface area contributed by atoms with Crippen LogP contribution in [0.4, 0.5) is 22.2 Å². The standard InChI is InChI=1S/C20H26N8O2/c1-20(2,3)30-19(29)28-9-7-27(8-10-28)14-5-6-21-16(11-14)24-18-22-12-15-17(25-18)26(4)13-23-15/h5-6,11-13H,7-10H2,1-4H3,(H,21,22,24,25). The third-order valence-corrected chi connectivity index (χ3v) is 4.73. The van der Waals surface area contributed by atoms with Gasteiger partial charge < -0.3 is 24.4 Å². The van der Waals surface area contributed by atoms with Crippen molar-refractivity contribution in [3.63, 3.8) is 0 Å². The van der Waals surface area contributed by atoms with E-state index in [1.807, 2.05) is 44.5 Å². The maximum atomic E-state index is 12.3. The highest BCUT2D eigenvalue weighted by molar-refractivity contribution is 5.72. The van der Waals surface area contributed by atoms with Crippen molar-refractivity contribution in [1.82, 2.24) is 29.4 Å². The number of amides is 1. The lowest BCUT2D eigenvalue weighted by molar-refractivity contribution is 0.0240. The SMILES string of the molecule is Cn1cnc2cnc(Nc3cc(N4CCN(C(=O)OC(C)(C)C)CC4)ccn3)nc21. The number of nitrogens with zero attached hydrogens (tertiary/aromatic N) is 7. The molecule has 0 atom stereocenters. The van der Waals surface area contributed by atoms with Gasteiger partial charge in [-0.25, -0.2) is 19.7 Å². The van der Waals surface area contributed by atoms with Crippen LogP contribution in [0.1, 0.15) is 20.8 Å². The molecule has 3 aromatic heterocycles. The van der Waals surface area contributed by atoms with Gasteiger partial charge in [0.25, 0.3) is 0 Å². The van der Waals surface area contributed by atoms with Gasteiger partial charge in [-0.15, -0.1) is 0 Å². The van der Waals surface area contributed by atoms with E-state index >= 15 is 0 Å². The van der Waals surface area contributed by atoms with Crippen molar-refractivity contribution in [3.8, 4) is 0 Å². The normalized spacial score (nSPS) is 14.8. The van der Waals surface area contributed by atoms with Gasteiger partial charge in [0.15, 0.2) is 5.65 Å². The van der Waals surface area contributed by atoms with Crippen LogP contribution < -0.4 is 10.2 Å². The highest BCUT2D eigenvalue weighted by Crippen LogP contribution is 2.22. The molecule has 4 heterocycles. The van der Waals surface area contributed by atoms with E-state index in [0.29, 0.717) is 24.9 Å². The summed E-state index contributed by atoms with van der Waals surface area (Å²) in [5.41, 5.74) is 2.04. The quantitative estimate of drug-likeness (QED) is 0.703. The second-order valence-corrected chi connectivity index (χ2v) is 8.24. The van der Waals surface area contributed by atoms with Crippen molar-refractivity contribution >= 4 is 34.7 Å². The Morgan fingerprint density at radius 1 is 1.13 bits per heavy atom. The Labute approximate surface area is 174 Å². The van der Waals surface area contributed by atoms with E-state index in [1.165, 1.54) is 0 Å². The topological polar surface area (TPSA) is 101 Å². The van der Waals surface area contributed by atoms with Gasteiger partial charge in [-0.05, 0) is 26.8 Å². The van der Waals surface area contributed by atoms with Gasteiger partial charge in [-0.1, -0.05) is 0 Å². The molecule has 0 aromatic carbocycles. The van der Waals surface area contributed by atoms with Crippen LogP contribution in [0.15, 0.2) is 30.9 Å². The molecule has 10 nitrogen and oxygen atoms in total. The third kappa shape index (κ3) is 4.42. The monoisotopic (exact) mass is 410 g/mol. The molecule has 0 saturated carbocycles. The number of rotatable bonds is 3. The molecule has 158 valence electrons. The smallest absolute Gasteiger partial charge is 0.410 e. The molecular weight excluding hydrogens is 384 g/mol. The Hall–Kier alpha value is -3.43. The summed E-state index contributed by atoms with van der Waals surface area (Å²) in [6.07, 6.45) is 4.88. The molecule has 1 saturated heterocycles. The summed E-state index contributed by atoms with van der Waals surface area (Å²) in [7, 11) is 1.89. The maximum Gasteiger partial charge on any atom is 0.410 e. The van der Waals surface area contributed by atoms with Gasteiger partial charge in [-0.3, -0.25) is 0 Å². The number of ether oxygens (including phenoxy) is 1. The molecule has 0 unspecified atom stereocenters. The van der Waals surface area contributed by atoms with E-state index in [4.69, 9.17) is 4.74 Å². The molecule has 10 heteroatoms. The Bertz CT molecular complexity index is 1050. The van der Waals surface area contributed by atoms with E-state index in [9.17, 15) is 4.79 Å². The molecule has 1 amide bonds. The van der Waals surface area contributed by atoms with Crippen molar-refractivity contribution in [2.24, 2.45) is 7.05 Å². The van der Waals surface area contributed by atoms with Crippen LogP contribution in [0, 0.1) is 0 Å². The predicted octanol–water partition coefficient (Wildman–Crippen LogP) is 2.56. The number of fused-ring (bicyclic) bond motifs is 1. The molecule has 4 rings (SSSR count). The summed E-state index contributed by atoms with van der Waals surface area (Å²) < 4.78 is 7.31. The lowest BCUT2D eigenvalue weighted by Crippen LogP contribution is -2.50. The number of nitrogens with one attached hydrogen (secondary N) is 1. The zero-order valence-electron chi connectivity index (χ0n) is 17.7. The highest BCUT2D eigenvalue weighted by atomic mass is 16.6. The van der Waals surface area contributed by atoms with Gasteiger partial charge in [0, 0.05) is 51.2 Å². The first kappa shape index (κ1) is 19.9. The average molecular weight is 410 g/mol. The minimum atomic E-state index is -0.486. The van der Waals surface area contributed by atoms with E-state index in [-0.39, 0.29) is 6.09 Å². The zero-order chi connectivity index (χ0) is 21.3. The fourth-order valence-corrected chi connectivity index (χ4v) is 3.25. The third-order valence-electron chi connectivity index (χ3n) is 4.73. The molecule has 0 bridgehead atoms. The van der Waals surface area contributed by atoms with E-state index in [2.05, 4.69) is 30.2 Å². The van der Waals surface area contributed by atoms with Crippen LogP contribution >= 0.6 is 0 Å². The summed E-state index contributed by atoms with van der Waals surface area (Å²) in [5.74, 6) is 1.12. The molecule has 1 N–H and O–H groups in total.